The molecular formula is C11H18N2O. The van der Waals surface area contributed by atoms with Crippen LogP contribution in [0.25, 0.3) is 0 Å². The van der Waals surface area contributed by atoms with Crippen molar-refractivity contribution in [3.8, 4) is 0 Å². The Kier molecular flexibility index (Phi) is 3.89. The number of nitrogens with one attached hydrogen (secondary N) is 1. The summed E-state index contributed by atoms with van der Waals surface area (Å²) in [7, 11) is 0. The Labute approximate surface area is 85.2 Å². The van der Waals surface area contributed by atoms with Gasteiger partial charge in [-0.2, -0.15) is 0 Å². The lowest BCUT2D eigenvalue weighted by atomic mass is 10.1. The first-order chi connectivity index (χ1) is 6.58. The summed E-state index contributed by atoms with van der Waals surface area (Å²) in [6, 6.07) is 4.21. The molecule has 2 unspecified atom stereocenters. The van der Waals surface area contributed by atoms with Crippen molar-refractivity contribution in [2.45, 2.75) is 39.3 Å². The molecule has 0 spiro atoms. The lowest BCUT2D eigenvalue weighted by molar-refractivity contribution is 0.179. The van der Waals surface area contributed by atoms with E-state index in [1.807, 2.05) is 19.1 Å². The number of aliphatic hydroxyl groups is 1. The second kappa shape index (κ2) is 4.96. The molecule has 0 aliphatic heterocycles. The molecule has 0 amide bonds. The van der Waals surface area contributed by atoms with Crippen molar-refractivity contribution in [3.63, 3.8) is 0 Å². The average molecular weight is 194 g/mol. The van der Waals surface area contributed by atoms with E-state index in [-0.39, 0.29) is 12.1 Å². The number of aliphatic hydroxyl groups excluding tert-OH is 1. The number of hydrogen-bond acceptors (Lipinski definition) is 3. The number of rotatable bonds is 4. The summed E-state index contributed by atoms with van der Waals surface area (Å²) in [5.74, 6) is 0. The molecule has 1 aromatic rings. The molecule has 2 N–H and O–H groups in total. The number of aryl methyl sites for hydroxylation is 1. The van der Waals surface area contributed by atoms with E-state index in [0.717, 1.165) is 17.8 Å². The molecule has 0 bridgehead atoms. The van der Waals surface area contributed by atoms with E-state index >= 15 is 0 Å². The third-order valence-electron chi connectivity index (χ3n) is 2.00. The predicted molar refractivity (Wildman–Crippen MR) is 58.4 cm³/mol. The van der Waals surface area contributed by atoms with Crippen molar-refractivity contribution in [2.75, 3.05) is 5.32 Å². The van der Waals surface area contributed by atoms with E-state index in [1.54, 1.807) is 13.1 Å². The first kappa shape index (κ1) is 11.0. The Hall–Kier alpha value is -1.09. The Bertz CT molecular complexity index is 286. The molecule has 0 saturated heterocycles. The summed E-state index contributed by atoms with van der Waals surface area (Å²) >= 11 is 0. The largest absolute Gasteiger partial charge is 0.393 e. The lowest BCUT2D eigenvalue weighted by Gasteiger charge is -2.16. The Morgan fingerprint density at radius 3 is 2.79 bits per heavy atom. The third-order valence-corrected chi connectivity index (χ3v) is 2.00. The second-order valence-electron chi connectivity index (χ2n) is 3.82. The molecule has 0 aliphatic rings. The van der Waals surface area contributed by atoms with Crippen molar-refractivity contribution < 1.29 is 5.11 Å². The molecule has 0 fully saturated rings. The van der Waals surface area contributed by atoms with Crippen LogP contribution >= 0.6 is 0 Å². The highest BCUT2D eigenvalue weighted by molar-refractivity contribution is 5.43. The molecule has 0 aliphatic carbocycles. The van der Waals surface area contributed by atoms with Crippen LogP contribution in [0.4, 0.5) is 5.69 Å². The molecule has 2 atom stereocenters. The number of anilines is 1. The van der Waals surface area contributed by atoms with E-state index in [4.69, 9.17) is 0 Å². The highest BCUT2D eigenvalue weighted by Gasteiger charge is 2.05. The first-order valence-corrected chi connectivity index (χ1v) is 4.95. The summed E-state index contributed by atoms with van der Waals surface area (Å²) in [6.45, 7) is 5.82. The van der Waals surface area contributed by atoms with Crippen molar-refractivity contribution >= 4 is 5.69 Å². The van der Waals surface area contributed by atoms with E-state index < -0.39 is 0 Å². The first-order valence-electron chi connectivity index (χ1n) is 4.95. The zero-order valence-electron chi connectivity index (χ0n) is 8.99. The van der Waals surface area contributed by atoms with Gasteiger partial charge in [0.1, 0.15) is 0 Å². The van der Waals surface area contributed by atoms with Crippen molar-refractivity contribution in [3.05, 3.63) is 24.0 Å². The van der Waals surface area contributed by atoms with Crippen LogP contribution in [0, 0.1) is 6.92 Å². The Morgan fingerprint density at radius 2 is 2.21 bits per heavy atom. The predicted octanol–water partition coefficient (Wildman–Crippen LogP) is 1.96. The van der Waals surface area contributed by atoms with Crippen molar-refractivity contribution in [1.82, 2.24) is 4.98 Å². The third kappa shape index (κ3) is 3.75. The number of aromatic nitrogens is 1. The average Bonchev–Trinajstić information content (AvgIpc) is 2.01. The molecule has 1 aromatic heterocycles. The van der Waals surface area contributed by atoms with Gasteiger partial charge < -0.3 is 10.4 Å². The van der Waals surface area contributed by atoms with Gasteiger partial charge in [0, 0.05) is 23.6 Å². The van der Waals surface area contributed by atoms with E-state index in [0.29, 0.717) is 0 Å². The maximum Gasteiger partial charge on any atom is 0.0531 e. The molecule has 0 aromatic carbocycles. The fraction of sp³-hybridized carbons (Fsp3) is 0.545. The highest BCUT2D eigenvalue weighted by Crippen LogP contribution is 2.10. The normalized spacial score (nSPS) is 14.9. The smallest absolute Gasteiger partial charge is 0.0531 e. The minimum atomic E-state index is -0.263. The minimum Gasteiger partial charge on any atom is -0.393 e. The van der Waals surface area contributed by atoms with Crippen LogP contribution in [0.2, 0.25) is 0 Å². The van der Waals surface area contributed by atoms with Gasteiger partial charge in [-0.15, -0.1) is 0 Å². The lowest BCUT2D eigenvalue weighted by Crippen LogP contribution is -2.20. The summed E-state index contributed by atoms with van der Waals surface area (Å²) < 4.78 is 0. The Balaban J connectivity index is 2.51. The van der Waals surface area contributed by atoms with Crippen LogP contribution in [-0.2, 0) is 0 Å². The zero-order valence-corrected chi connectivity index (χ0v) is 8.99. The molecule has 3 nitrogen and oxygen atoms in total. The van der Waals surface area contributed by atoms with Gasteiger partial charge in [0.05, 0.1) is 6.10 Å². The Morgan fingerprint density at radius 1 is 1.50 bits per heavy atom. The molecule has 14 heavy (non-hydrogen) atoms. The van der Waals surface area contributed by atoms with Crippen molar-refractivity contribution in [2.24, 2.45) is 0 Å². The SMILES string of the molecule is Cc1cc(NC(C)CC(C)O)ccn1. The van der Waals surface area contributed by atoms with E-state index in [2.05, 4.69) is 17.2 Å². The molecule has 1 heterocycles. The molecule has 78 valence electrons. The van der Waals surface area contributed by atoms with Crippen LogP contribution in [0.3, 0.4) is 0 Å². The van der Waals surface area contributed by atoms with E-state index in [9.17, 15) is 5.11 Å². The molecule has 0 saturated carbocycles. The summed E-state index contributed by atoms with van der Waals surface area (Å²) in [4.78, 5) is 4.12. The number of pyridine rings is 1. The van der Waals surface area contributed by atoms with E-state index in [1.165, 1.54) is 0 Å². The topological polar surface area (TPSA) is 45.1 Å². The fourth-order valence-electron chi connectivity index (χ4n) is 1.49. The maximum absolute atomic E-state index is 9.20. The summed E-state index contributed by atoms with van der Waals surface area (Å²) in [6.07, 6.45) is 2.27. The van der Waals surface area contributed by atoms with Gasteiger partial charge in [-0.1, -0.05) is 0 Å². The van der Waals surface area contributed by atoms with Gasteiger partial charge in [-0.05, 0) is 39.3 Å². The summed E-state index contributed by atoms with van der Waals surface area (Å²) in [5, 5.41) is 12.5. The van der Waals surface area contributed by atoms with Gasteiger partial charge in [0.15, 0.2) is 0 Å². The van der Waals surface area contributed by atoms with Gasteiger partial charge >= 0.3 is 0 Å². The van der Waals surface area contributed by atoms with Gasteiger partial charge in [0.2, 0.25) is 0 Å². The van der Waals surface area contributed by atoms with Gasteiger partial charge in [-0.3, -0.25) is 4.98 Å². The number of nitrogens with zero attached hydrogens (tertiary/aromatic N) is 1. The molecule has 1 rings (SSSR count). The molecular weight excluding hydrogens is 176 g/mol. The monoisotopic (exact) mass is 194 g/mol. The number of hydrogen-bond donors (Lipinski definition) is 2. The van der Waals surface area contributed by atoms with Gasteiger partial charge in [-0.25, -0.2) is 0 Å². The van der Waals surface area contributed by atoms with Crippen LogP contribution in [0.1, 0.15) is 26.0 Å². The van der Waals surface area contributed by atoms with Crippen LogP contribution in [-0.4, -0.2) is 22.2 Å². The zero-order chi connectivity index (χ0) is 10.6. The standard InChI is InChI=1S/C11H18N2O/c1-8-7-11(4-5-12-8)13-9(2)6-10(3)14/h4-5,7,9-10,14H,6H2,1-3H3,(H,12,13). The van der Waals surface area contributed by atoms with Crippen LogP contribution < -0.4 is 5.32 Å². The van der Waals surface area contributed by atoms with Gasteiger partial charge in [0.25, 0.3) is 0 Å². The summed E-state index contributed by atoms with van der Waals surface area (Å²) in [5.41, 5.74) is 2.06. The van der Waals surface area contributed by atoms with Crippen molar-refractivity contribution in [1.29, 1.82) is 0 Å². The maximum atomic E-state index is 9.20. The second-order valence-corrected chi connectivity index (χ2v) is 3.82. The van der Waals surface area contributed by atoms with Crippen LogP contribution in [0.15, 0.2) is 18.3 Å². The van der Waals surface area contributed by atoms with Crippen LogP contribution in [0.5, 0.6) is 0 Å². The highest BCUT2D eigenvalue weighted by atomic mass is 16.3. The molecule has 0 radical (unpaired) electrons. The minimum absolute atomic E-state index is 0.263. The quantitative estimate of drug-likeness (QED) is 0.770. The fourth-order valence-corrected chi connectivity index (χ4v) is 1.49. The molecule has 3 heteroatoms.